The van der Waals surface area contributed by atoms with Crippen molar-refractivity contribution in [2.75, 3.05) is 13.1 Å². The molecule has 0 saturated heterocycles. The van der Waals surface area contributed by atoms with Gasteiger partial charge in [0, 0.05) is 12.4 Å². The predicted molar refractivity (Wildman–Crippen MR) is 66.8 cm³/mol. The molecule has 94 valence electrons. The molecule has 1 aromatic heterocycles. The monoisotopic (exact) mass is 236 g/mol. The predicted octanol–water partition coefficient (Wildman–Crippen LogP) is 2.11. The van der Waals surface area contributed by atoms with Crippen molar-refractivity contribution in [1.82, 2.24) is 9.88 Å². The first-order valence-corrected chi connectivity index (χ1v) is 5.96. The van der Waals surface area contributed by atoms with Gasteiger partial charge < -0.3 is 5.11 Å². The molecule has 1 heterocycles. The summed E-state index contributed by atoms with van der Waals surface area (Å²) in [5, 5.41) is 9.55. The van der Waals surface area contributed by atoms with Crippen LogP contribution in [-0.2, 0) is 10.3 Å². The molecule has 1 atom stereocenters. The maximum atomic E-state index is 11.6. The highest BCUT2D eigenvalue weighted by atomic mass is 16.4. The lowest BCUT2D eigenvalue weighted by Gasteiger charge is -2.37. The van der Waals surface area contributed by atoms with E-state index >= 15 is 0 Å². The van der Waals surface area contributed by atoms with E-state index in [9.17, 15) is 9.90 Å². The fraction of sp³-hybridized carbons (Fsp3) is 0.538. The van der Waals surface area contributed by atoms with E-state index in [0.29, 0.717) is 6.54 Å². The second-order valence-electron chi connectivity index (χ2n) is 4.19. The smallest absolute Gasteiger partial charge is 0.328 e. The summed E-state index contributed by atoms with van der Waals surface area (Å²) in [6.07, 6.45) is 4.20. The van der Waals surface area contributed by atoms with Crippen LogP contribution in [0.15, 0.2) is 24.5 Å². The van der Waals surface area contributed by atoms with E-state index in [0.717, 1.165) is 18.5 Å². The van der Waals surface area contributed by atoms with E-state index < -0.39 is 11.5 Å². The molecule has 0 aliphatic rings. The number of nitrogens with zero attached hydrogens (tertiary/aromatic N) is 2. The van der Waals surface area contributed by atoms with E-state index in [1.807, 2.05) is 11.8 Å². The summed E-state index contributed by atoms with van der Waals surface area (Å²) in [5.41, 5.74) is -0.205. The highest BCUT2D eigenvalue weighted by Gasteiger charge is 2.40. The first-order valence-electron chi connectivity index (χ1n) is 5.96. The van der Waals surface area contributed by atoms with Crippen LogP contribution in [-0.4, -0.2) is 34.0 Å². The highest BCUT2D eigenvalue weighted by Crippen LogP contribution is 2.28. The molecule has 0 aromatic carbocycles. The lowest BCUT2D eigenvalue weighted by atomic mass is 9.90. The summed E-state index contributed by atoms with van der Waals surface area (Å²) < 4.78 is 0. The third kappa shape index (κ3) is 2.64. The Morgan fingerprint density at radius 2 is 2.00 bits per heavy atom. The van der Waals surface area contributed by atoms with Crippen LogP contribution < -0.4 is 0 Å². The minimum Gasteiger partial charge on any atom is -0.480 e. The Balaban J connectivity index is 3.17. The van der Waals surface area contributed by atoms with Crippen molar-refractivity contribution in [2.45, 2.75) is 32.7 Å². The van der Waals surface area contributed by atoms with E-state index in [1.165, 1.54) is 0 Å². The number of carbonyl (C=O) groups is 1. The topological polar surface area (TPSA) is 53.4 Å². The van der Waals surface area contributed by atoms with E-state index in [2.05, 4.69) is 11.9 Å². The number of hydrogen-bond donors (Lipinski definition) is 1. The van der Waals surface area contributed by atoms with Crippen molar-refractivity contribution in [3.8, 4) is 0 Å². The molecular weight excluding hydrogens is 216 g/mol. The second-order valence-corrected chi connectivity index (χ2v) is 4.19. The molecule has 1 unspecified atom stereocenters. The summed E-state index contributed by atoms with van der Waals surface area (Å²) >= 11 is 0. The van der Waals surface area contributed by atoms with Gasteiger partial charge in [0.1, 0.15) is 5.54 Å². The Kier molecular flexibility index (Phi) is 4.63. The molecule has 0 fully saturated rings. The average molecular weight is 236 g/mol. The van der Waals surface area contributed by atoms with Gasteiger partial charge in [-0.1, -0.05) is 13.8 Å². The van der Waals surface area contributed by atoms with E-state index in [1.54, 1.807) is 31.5 Å². The van der Waals surface area contributed by atoms with Gasteiger partial charge in [-0.25, -0.2) is 4.79 Å². The molecule has 0 saturated carbocycles. The standard InChI is InChI=1S/C13H20N2O2/c1-4-10-15(5-2)13(3,12(16)17)11-6-8-14-9-7-11/h6-9H,4-5,10H2,1-3H3,(H,16,17). The van der Waals surface area contributed by atoms with Gasteiger partial charge in [-0.15, -0.1) is 0 Å². The SMILES string of the molecule is CCCN(CC)C(C)(C(=O)O)c1ccncc1. The van der Waals surface area contributed by atoms with Crippen LogP contribution in [0.2, 0.25) is 0 Å². The van der Waals surface area contributed by atoms with Crippen LogP contribution in [0.3, 0.4) is 0 Å². The Morgan fingerprint density at radius 1 is 1.41 bits per heavy atom. The molecule has 1 rings (SSSR count). The van der Waals surface area contributed by atoms with Gasteiger partial charge in [-0.05, 0) is 44.1 Å². The number of carboxylic acids is 1. The normalized spacial score (nSPS) is 14.6. The maximum absolute atomic E-state index is 11.6. The Morgan fingerprint density at radius 3 is 2.41 bits per heavy atom. The van der Waals surface area contributed by atoms with Gasteiger partial charge in [0.05, 0.1) is 0 Å². The quantitative estimate of drug-likeness (QED) is 0.822. The van der Waals surface area contributed by atoms with E-state index in [-0.39, 0.29) is 0 Å². The minimum absolute atomic E-state index is 0.707. The van der Waals surface area contributed by atoms with Gasteiger partial charge in [0.2, 0.25) is 0 Å². The van der Waals surface area contributed by atoms with Crippen LogP contribution in [0.4, 0.5) is 0 Å². The number of pyridine rings is 1. The van der Waals surface area contributed by atoms with Gasteiger partial charge in [-0.3, -0.25) is 9.88 Å². The zero-order valence-corrected chi connectivity index (χ0v) is 10.7. The second kappa shape index (κ2) is 5.77. The lowest BCUT2D eigenvalue weighted by Crippen LogP contribution is -2.50. The van der Waals surface area contributed by atoms with Crippen LogP contribution >= 0.6 is 0 Å². The molecule has 1 aromatic rings. The van der Waals surface area contributed by atoms with Gasteiger partial charge >= 0.3 is 5.97 Å². The highest BCUT2D eigenvalue weighted by molar-refractivity contribution is 5.80. The first-order chi connectivity index (χ1) is 8.07. The molecule has 1 N–H and O–H groups in total. The third-order valence-electron chi connectivity index (χ3n) is 3.17. The Hall–Kier alpha value is -1.42. The van der Waals surface area contributed by atoms with Crippen LogP contribution in [0.1, 0.15) is 32.8 Å². The van der Waals surface area contributed by atoms with Gasteiger partial charge in [0.15, 0.2) is 0 Å². The molecule has 0 radical (unpaired) electrons. The number of aliphatic carboxylic acids is 1. The molecule has 0 aliphatic heterocycles. The fourth-order valence-electron chi connectivity index (χ4n) is 2.09. The average Bonchev–Trinajstić information content (AvgIpc) is 2.35. The van der Waals surface area contributed by atoms with Crippen molar-refractivity contribution in [3.05, 3.63) is 30.1 Å². The summed E-state index contributed by atoms with van der Waals surface area (Å²) in [5.74, 6) is -0.820. The third-order valence-corrected chi connectivity index (χ3v) is 3.17. The van der Waals surface area contributed by atoms with Crippen molar-refractivity contribution in [1.29, 1.82) is 0 Å². The van der Waals surface area contributed by atoms with Crippen LogP contribution in [0.25, 0.3) is 0 Å². The van der Waals surface area contributed by atoms with Gasteiger partial charge in [0.25, 0.3) is 0 Å². The summed E-state index contributed by atoms with van der Waals surface area (Å²) in [6.45, 7) is 7.26. The lowest BCUT2D eigenvalue weighted by molar-refractivity contribution is -0.151. The number of likely N-dealkylation sites (N-methyl/N-ethyl adjacent to an activating group) is 1. The molecule has 4 heteroatoms. The molecule has 17 heavy (non-hydrogen) atoms. The first kappa shape index (κ1) is 13.6. The number of carboxylic acid groups (broad SMARTS) is 1. The summed E-state index contributed by atoms with van der Waals surface area (Å²) in [6, 6.07) is 3.54. The molecule has 0 bridgehead atoms. The summed E-state index contributed by atoms with van der Waals surface area (Å²) in [7, 11) is 0. The molecule has 0 aliphatic carbocycles. The Labute approximate surface area is 102 Å². The van der Waals surface area contributed by atoms with Gasteiger partial charge in [-0.2, -0.15) is 0 Å². The number of hydrogen-bond acceptors (Lipinski definition) is 3. The van der Waals surface area contributed by atoms with Crippen molar-refractivity contribution in [2.24, 2.45) is 0 Å². The number of rotatable bonds is 6. The Bertz CT molecular complexity index is 367. The largest absolute Gasteiger partial charge is 0.480 e. The molecule has 0 amide bonds. The minimum atomic E-state index is -0.978. The van der Waals surface area contributed by atoms with Crippen molar-refractivity contribution >= 4 is 5.97 Å². The summed E-state index contributed by atoms with van der Waals surface area (Å²) in [4.78, 5) is 17.5. The maximum Gasteiger partial charge on any atom is 0.328 e. The zero-order valence-electron chi connectivity index (χ0n) is 10.7. The van der Waals surface area contributed by atoms with Crippen molar-refractivity contribution in [3.63, 3.8) is 0 Å². The van der Waals surface area contributed by atoms with Crippen LogP contribution in [0, 0.1) is 0 Å². The van der Waals surface area contributed by atoms with Crippen molar-refractivity contribution < 1.29 is 9.90 Å². The molecular formula is C13H20N2O2. The van der Waals surface area contributed by atoms with Crippen LogP contribution in [0.5, 0.6) is 0 Å². The molecule has 0 spiro atoms. The fourth-order valence-corrected chi connectivity index (χ4v) is 2.09. The molecule has 4 nitrogen and oxygen atoms in total. The zero-order chi connectivity index (χ0) is 12.9. The van der Waals surface area contributed by atoms with E-state index in [4.69, 9.17) is 0 Å². The number of aromatic nitrogens is 1.